The van der Waals surface area contributed by atoms with Gasteiger partial charge in [-0.2, -0.15) is 0 Å². The molecule has 0 aliphatic carbocycles. The summed E-state index contributed by atoms with van der Waals surface area (Å²) in [7, 11) is 1.61. The van der Waals surface area contributed by atoms with Crippen LogP contribution in [-0.2, 0) is 9.59 Å². The maximum absolute atomic E-state index is 11.7. The van der Waals surface area contributed by atoms with Crippen LogP contribution in [0.4, 0.5) is 5.69 Å². The Labute approximate surface area is 112 Å². The number of halogens is 1. The fraction of sp³-hybridized carbons (Fsp3) is 0.385. The minimum absolute atomic E-state index is 0.0413. The first-order chi connectivity index (χ1) is 8.40. The number of rotatable bonds is 4. The lowest BCUT2D eigenvalue weighted by molar-refractivity contribution is -0.136. The van der Waals surface area contributed by atoms with E-state index in [9.17, 15) is 9.59 Å². The molecule has 0 atom stereocenters. The predicted octanol–water partition coefficient (Wildman–Crippen LogP) is 2.39. The van der Waals surface area contributed by atoms with Crippen LogP contribution in [0.1, 0.15) is 13.8 Å². The van der Waals surface area contributed by atoms with Gasteiger partial charge in [-0.1, -0.05) is 25.4 Å². The summed E-state index contributed by atoms with van der Waals surface area (Å²) in [5, 5.41) is 3.31. The fourth-order valence-corrected chi connectivity index (χ4v) is 1.59. The average molecular weight is 269 g/mol. The number of nitrogens with one attached hydrogen (secondary N) is 1. The van der Waals surface area contributed by atoms with Gasteiger partial charge in [-0.05, 0) is 24.3 Å². The van der Waals surface area contributed by atoms with Crippen LogP contribution in [0.2, 0.25) is 5.02 Å². The number of anilines is 1. The lowest BCUT2D eigenvalue weighted by atomic mass is 10.2. The number of amides is 2. The summed E-state index contributed by atoms with van der Waals surface area (Å²) >= 11 is 5.74. The maximum Gasteiger partial charge on any atom is 0.243 e. The van der Waals surface area contributed by atoms with E-state index in [2.05, 4.69) is 5.32 Å². The highest BCUT2D eigenvalue weighted by Crippen LogP contribution is 2.13. The molecule has 0 saturated carbocycles. The summed E-state index contributed by atoms with van der Waals surface area (Å²) < 4.78 is 0. The van der Waals surface area contributed by atoms with E-state index in [1.54, 1.807) is 45.2 Å². The summed E-state index contributed by atoms with van der Waals surface area (Å²) in [6.07, 6.45) is 0. The van der Waals surface area contributed by atoms with Gasteiger partial charge in [0.2, 0.25) is 11.8 Å². The normalized spacial score (nSPS) is 10.3. The maximum atomic E-state index is 11.7. The van der Waals surface area contributed by atoms with Gasteiger partial charge in [-0.3, -0.25) is 9.59 Å². The fourth-order valence-electron chi connectivity index (χ4n) is 1.47. The minimum atomic E-state index is -0.228. The highest BCUT2D eigenvalue weighted by atomic mass is 35.5. The van der Waals surface area contributed by atoms with Crippen LogP contribution in [0.5, 0.6) is 0 Å². The Morgan fingerprint density at radius 2 is 1.83 bits per heavy atom. The molecule has 1 aromatic rings. The predicted molar refractivity (Wildman–Crippen MR) is 72.6 cm³/mol. The zero-order valence-corrected chi connectivity index (χ0v) is 11.5. The highest BCUT2D eigenvalue weighted by Gasteiger charge is 2.15. The van der Waals surface area contributed by atoms with Crippen LogP contribution in [-0.4, -0.2) is 30.3 Å². The molecule has 5 heteroatoms. The minimum Gasteiger partial charge on any atom is -0.336 e. The molecule has 4 nitrogen and oxygen atoms in total. The molecule has 0 bridgehead atoms. The van der Waals surface area contributed by atoms with E-state index in [1.807, 2.05) is 0 Å². The van der Waals surface area contributed by atoms with E-state index in [4.69, 9.17) is 11.6 Å². The first-order valence-corrected chi connectivity index (χ1v) is 6.08. The van der Waals surface area contributed by atoms with Crippen molar-refractivity contribution in [3.05, 3.63) is 29.3 Å². The molecule has 18 heavy (non-hydrogen) atoms. The molecule has 0 heterocycles. The van der Waals surface area contributed by atoms with Crippen LogP contribution in [0.3, 0.4) is 0 Å². The van der Waals surface area contributed by atoms with E-state index in [1.165, 1.54) is 4.90 Å². The summed E-state index contributed by atoms with van der Waals surface area (Å²) in [5.41, 5.74) is 0.662. The molecule has 0 fully saturated rings. The van der Waals surface area contributed by atoms with Crippen LogP contribution >= 0.6 is 11.6 Å². The standard InChI is InChI=1S/C13H17ClN2O2/c1-9(2)13(18)16(3)8-12(17)15-11-6-4-10(14)5-7-11/h4-7,9H,8H2,1-3H3,(H,15,17). The van der Waals surface area contributed by atoms with Crippen molar-refractivity contribution in [3.8, 4) is 0 Å². The van der Waals surface area contributed by atoms with Crippen molar-refractivity contribution in [2.24, 2.45) is 5.92 Å². The van der Waals surface area contributed by atoms with E-state index >= 15 is 0 Å². The summed E-state index contributed by atoms with van der Waals surface area (Å²) in [6.45, 7) is 3.64. The largest absolute Gasteiger partial charge is 0.336 e. The Balaban J connectivity index is 2.51. The topological polar surface area (TPSA) is 49.4 Å². The molecule has 1 N–H and O–H groups in total. The molecule has 1 rings (SSSR count). The van der Waals surface area contributed by atoms with Crippen molar-refractivity contribution in [2.75, 3.05) is 18.9 Å². The molecule has 98 valence electrons. The van der Waals surface area contributed by atoms with Gasteiger partial charge >= 0.3 is 0 Å². The van der Waals surface area contributed by atoms with Crippen LogP contribution in [0, 0.1) is 5.92 Å². The zero-order chi connectivity index (χ0) is 13.7. The summed E-state index contributed by atoms with van der Waals surface area (Å²) in [6, 6.07) is 6.81. The Kier molecular flexibility index (Phi) is 5.16. The highest BCUT2D eigenvalue weighted by molar-refractivity contribution is 6.30. The third kappa shape index (κ3) is 4.37. The molecule has 0 unspecified atom stereocenters. The average Bonchev–Trinajstić information content (AvgIpc) is 2.30. The Hall–Kier alpha value is -1.55. The third-order valence-corrected chi connectivity index (χ3v) is 2.63. The molecule has 0 aliphatic heterocycles. The van der Waals surface area contributed by atoms with Crippen LogP contribution in [0.15, 0.2) is 24.3 Å². The number of likely N-dealkylation sites (N-methyl/N-ethyl adjacent to an activating group) is 1. The van der Waals surface area contributed by atoms with E-state index in [0.717, 1.165) is 0 Å². The van der Waals surface area contributed by atoms with Gasteiger partial charge in [0.25, 0.3) is 0 Å². The monoisotopic (exact) mass is 268 g/mol. The molecule has 0 aliphatic rings. The van der Waals surface area contributed by atoms with Gasteiger partial charge in [-0.15, -0.1) is 0 Å². The lowest BCUT2D eigenvalue weighted by Gasteiger charge is -2.18. The molecule has 0 saturated heterocycles. The number of hydrogen-bond acceptors (Lipinski definition) is 2. The van der Waals surface area contributed by atoms with Crippen molar-refractivity contribution >= 4 is 29.1 Å². The van der Waals surface area contributed by atoms with Gasteiger partial charge in [-0.25, -0.2) is 0 Å². The first-order valence-electron chi connectivity index (χ1n) is 5.70. The second kappa shape index (κ2) is 6.40. The number of benzene rings is 1. The number of hydrogen-bond donors (Lipinski definition) is 1. The van der Waals surface area contributed by atoms with E-state index in [0.29, 0.717) is 10.7 Å². The molecule has 0 radical (unpaired) electrons. The molecular formula is C13H17ClN2O2. The molecule has 2 amide bonds. The second-order valence-corrected chi connectivity index (χ2v) is 4.84. The van der Waals surface area contributed by atoms with Crippen LogP contribution in [0.25, 0.3) is 0 Å². The zero-order valence-electron chi connectivity index (χ0n) is 10.7. The smallest absolute Gasteiger partial charge is 0.243 e. The Bertz CT molecular complexity index is 429. The lowest BCUT2D eigenvalue weighted by Crippen LogP contribution is -2.37. The van der Waals surface area contributed by atoms with Gasteiger partial charge in [0.15, 0.2) is 0 Å². The number of carbonyl (C=O) groups is 2. The quantitative estimate of drug-likeness (QED) is 0.912. The molecular weight excluding hydrogens is 252 g/mol. The van der Waals surface area contributed by atoms with Crippen molar-refractivity contribution in [2.45, 2.75) is 13.8 Å². The van der Waals surface area contributed by atoms with Crippen molar-refractivity contribution < 1.29 is 9.59 Å². The Morgan fingerprint density at radius 3 is 2.33 bits per heavy atom. The number of nitrogens with zero attached hydrogens (tertiary/aromatic N) is 1. The Morgan fingerprint density at radius 1 is 1.28 bits per heavy atom. The summed E-state index contributed by atoms with van der Waals surface area (Å²) in [4.78, 5) is 24.7. The van der Waals surface area contributed by atoms with Gasteiger partial charge < -0.3 is 10.2 Å². The SMILES string of the molecule is CC(C)C(=O)N(C)CC(=O)Nc1ccc(Cl)cc1. The van der Waals surface area contributed by atoms with Crippen molar-refractivity contribution in [1.29, 1.82) is 0 Å². The summed E-state index contributed by atoms with van der Waals surface area (Å²) in [5.74, 6) is -0.395. The molecule has 0 spiro atoms. The van der Waals surface area contributed by atoms with Gasteiger partial charge in [0.05, 0.1) is 6.54 Å². The molecule has 0 aromatic heterocycles. The third-order valence-electron chi connectivity index (χ3n) is 2.38. The first kappa shape index (κ1) is 14.5. The van der Waals surface area contributed by atoms with Gasteiger partial charge in [0.1, 0.15) is 0 Å². The number of carbonyl (C=O) groups excluding carboxylic acids is 2. The van der Waals surface area contributed by atoms with E-state index in [-0.39, 0.29) is 24.3 Å². The molecule has 1 aromatic carbocycles. The van der Waals surface area contributed by atoms with Gasteiger partial charge in [0, 0.05) is 23.7 Å². The van der Waals surface area contributed by atoms with Crippen molar-refractivity contribution in [1.82, 2.24) is 4.90 Å². The second-order valence-electron chi connectivity index (χ2n) is 4.40. The van der Waals surface area contributed by atoms with Crippen LogP contribution < -0.4 is 5.32 Å². The van der Waals surface area contributed by atoms with Crippen molar-refractivity contribution in [3.63, 3.8) is 0 Å². The van der Waals surface area contributed by atoms with E-state index < -0.39 is 0 Å².